The Balaban J connectivity index is 1.42. The summed E-state index contributed by atoms with van der Waals surface area (Å²) in [4.78, 5) is 35.7. The van der Waals surface area contributed by atoms with E-state index in [1.165, 1.54) is 21.8 Å². The minimum absolute atomic E-state index is 0.0600. The smallest absolute Gasteiger partial charge is 0.305 e. The van der Waals surface area contributed by atoms with Gasteiger partial charge in [-0.2, -0.15) is 0 Å². The lowest BCUT2D eigenvalue weighted by atomic mass is 9.93. The van der Waals surface area contributed by atoms with E-state index in [2.05, 4.69) is 25.6 Å². The molecular formula is C19H18N6O3S2. The van der Waals surface area contributed by atoms with E-state index >= 15 is 0 Å². The predicted molar refractivity (Wildman–Crippen MR) is 119 cm³/mol. The summed E-state index contributed by atoms with van der Waals surface area (Å²) < 4.78 is 0.895. The van der Waals surface area contributed by atoms with Crippen LogP contribution >= 0.6 is 22.7 Å². The number of aryl methyl sites for hydroxylation is 1. The van der Waals surface area contributed by atoms with Crippen LogP contribution < -0.4 is 15.5 Å². The second-order valence-electron chi connectivity index (χ2n) is 7.21. The Bertz CT molecular complexity index is 1310. The van der Waals surface area contributed by atoms with Crippen LogP contribution in [0, 0.1) is 10.1 Å². The van der Waals surface area contributed by atoms with Crippen molar-refractivity contribution in [2.75, 3.05) is 18.4 Å². The van der Waals surface area contributed by atoms with Crippen molar-refractivity contribution in [3.63, 3.8) is 0 Å². The molecule has 0 radical (unpaired) electrons. The largest absolute Gasteiger partial charge is 0.340 e. The fraction of sp³-hybridized carbons (Fsp3) is 0.316. The molecule has 0 aliphatic heterocycles. The van der Waals surface area contributed by atoms with Gasteiger partial charge in [-0.05, 0) is 43.0 Å². The summed E-state index contributed by atoms with van der Waals surface area (Å²) in [5, 5.41) is 18.3. The SMILES string of the molecule is O=c1[nH]c2ccc(Nc3ncnc4sc5c(c34)CCC(NCC[N+](=O)[O-])C5)cc2s1. The Morgan fingerprint density at radius 1 is 1.30 bits per heavy atom. The lowest BCUT2D eigenvalue weighted by Gasteiger charge is -2.23. The third-order valence-corrected chi connectivity index (χ3v) is 7.26. The van der Waals surface area contributed by atoms with Crippen LogP contribution in [0.2, 0.25) is 0 Å². The number of hydrogen-bond acceptors (Lipinski definition) is 9. The normalized spacial score (nSPS) is 16.1. The summed E-state index contributed by atoms with van der Waals surface area (Å²) in [5.74, 6) is 0.763. The molecule has 4 aromatic rings. The van der Waals surface area contributed by atoms with E-state index in [-0.39, 0.29) is 22.4 Å². The zero-order chi connectivity index (χ0) is 20.7. The number of fused-ring (bicyclic) bond motifs is 4. The van der Waals surface area contributed by atoms with Gasteiger partial charge in [-0.25, -0.2) is 9.97 Å². The van der Waals surface area contributed by atoms with Crippen LogP contribution in [0.3, 0.4) is 0 Å². The van der Waals surface area contributed by atoms with Gasteiger partial charge in [-0.15, -0.1) is 11.3 Å². The maximum absolute atomic E-state index is 11.6. The first kappa shape index (κ1) is 19.1. The standard InChI is InChI=1S/C19H18N6O3S2/c26-19-24-13-4-2-11(8-15(13)30-19)23-17-16-12-3-1-10(20-5-6-25(27)28)7-14(12)29-18(16)22-9-21-17/h2,4,8-10,20H,1,3,5-7H2,(H,24,26)(H,21,22,23). The number of benzene rings is 1. The summed E-state index contributed by atoms with van der Waals surface area (Å²) in [6.45, 7) is 0.327. The molecule has 30 heavy (non-hydrogen) atoms. The quantitative estimate of drug-likeness (QED) is 0.309. The molecule has 1 aliphatic rings. The van der Waals surface area contributed by atoms with Gasteiger partial charge in [-0.3, -0.25) is 14.9 Å². The minimum atomic E-state index is -0.294. The van der Waals surface area contributed by atoms with E-state index in [9.17, 15) is 14.9 Å². The Kier molecular flexibility index (Phi) is 4.93. The van der Waals surface area contributed by atoms with E-state index < -0.39 is 0 Å². The number of nitro groups is 1. The van der Waals surface area contributed by atoms with E-state index in [0.717, 1.165) is 51.2 Å². The van der Waals surface area contributed by atoms with Crippen LogP contribution in [0.15, 0.2) is 29.3 Å². The number of thiazole rings is 1. The van der Waals surface area contributed by atoms with Crippen molar-refractivity contribution in [3.05, 3.63) is 54.7 Å². The summed E-state index contributed by atoms with van der Waals surface area (Å²) in [7, 11) is 0. The maximum Gasteiger partial charge on any atom is 0.305 e. The molecular weight excluding hydrogens is 424 g/mol. The first-order chi connectivity index (χ1) is 14.6. The van der Waals surface area contributed by atoms with Gasteiger partial charge in [0.1, 0.15) is 17.0 Å². The molecule has 1 unspecified atom stereocenters. The lowest BCUT2D eigenvalue weighted by Crippen LogP contribution is -2.36. The molecule has 9 nitrogen and oxygen atoms in total. The van der Waals surface area contributed by atoms with Gasteiger partial charge in [0.05, 0.1) is 22.1 Å². The first-order valence-corrected chi connectivity index (χ1v) is 11.2. The highest BCUT2D eigenvalue weighted by molar-refractivity contribution is 7.19. The molecule has 3 heterocycles. The number of anilines is 2. The molecule has 0 bridgehead atoms. The number of nitrogens with one attached hydrogen (secondary N) is 3. The van der Waals surface area contributed by atoms with Gasteiger partial charge in [0.15, 0.2) is 0 Å². The van der Waals surface area contributed by atoms with Crippen LogP contribution in [0.25, 0.3) is 20.4 Å². The third kappa shape index (κ3) is 3.66. The number of H-pyrrole nitrogens is 1. The summed E-state index contributed by atoms with van der Waals surface area (Å²) in [6.07, 6.45) is 4.21. The molecule has 1 aliphatic carbocycles. The Morgan fingerprint density at radius 2 is 2.20 bits per heavy atom. The molecule has 0 spiro atoms. The van der Waals surface area contributed by atoms with Crippen LogP contribution in [-0.4, -0.2) is 39.0 Å². The molecule has 0 fully saturated rings. The first-order valence-electron chi connectivity index (χ1n) is 9.57. The molecule has 0 saturated carbocycles. The van der Waals surface area contributed by atoms with Gasteiger partial charge in [-0.1, -0.05) is 11.3 Å². The molecule has 1 aromatic carbocycles. The van der Waals surface area contributed by atoms with Gasteiger partial charge in [0.25, 0.3) is 0 Å². The Labute approximate surface area is 178 Å². The number of aromatic nitrogens is 3. The van der Waals surface area contributed by atoms with Crippen LogP contribution in [0.5, 0.6) is 0 Å². The van der Waals surface area contributed by atoms with Crippen molar-refractivity contribution < 1.29 is 4.92 Å². The molecule has 11 heteroatoms. The highest BCUT2D eigenvalue weighted by Gasteiger charge is 2.25. The van der Waals surface area contributed by atoms with Crippen LogP contribution in [-0.2, 0) is 12.8 Å². The molecule has 1 atom stereocenters. The molecule has 3 N–H and O–H groups in total. The summed E-state index contributed by atoms with van der Waals surface area (Å²) in [5.41, 5.74) is 2.96. The number of aromatic amines is 1. The molecule has 154 valence electrons. The zero-order valence-electron chi connectivity index (χ0n) is 15.8. The molecule has 0 saturated heterocycles. The second-order valence-corrected chi connectivity index (χ2v) is 9.31. The summed E-state index contributed by atoms with van der Waals surface area (Å²) >= 11 is 2.85. The monoisotopic (exact) mass is 442 g/mol. The van der Waals surface area contributed by atoms with Gasteiger partial charge in [0.2, 0.25) is 6.54 Å². The number of nitrogens with zero attached hydrogens (tertiary/aromatic N) is 3. The van der Waals surface area contributed by atoms with Gasteiger partial charge >= 0.3 is 4.87 Å². The Morgan fingerprint density at radius 3 is 3.07 bits per heavy atom. The fourth-order valence-corrected chi connectivity index (χ4v) is 5.94. The van der Waals surface area contributed by atoms with Crippen molar-refractivity contribution in [1.29, 1.82) is 0 Å². The highest BCUT2D eigenvalue weighted by Crippen LogP contribution is 2.39. The third-order valence-electron chi connectivity index (χ3n) is 5.26. The topological polar surface area (TPSA) is 126 Å². The number of thiophene rings is 1. The number of hydrogen-bond donors (Lipinski definition) is 3. The second kappa shape index (κ2) is 7.74. The Hall–Kier alpha value is -2.89. The zero-order valence-corrected chi connectivity index (χ0v) is 17.4. The molecule has 5 rings (SSSR count). The van der Waals surface area contributed by atoms with Crippen molar-refractivity contribution in [2.45, 2.75) is 25.3 Å². The average Bonchev–Trinajstić information content (AvgIpc) is 3.26. The van der Waals surface area contributed by atoms with Crippen molar-refractivity contribution >= 4 is 54.6 Å². The van der Waals surface area contributed by atoms with Crippen molar-refractivity contribution in [1.82, 2.24) is 20.3 Å². The van der Waals surface area contributed by atoms with Gasteiger partial charge in [0, 0.05) is 21.5 Å². The summed E-state index contributed by atoms with van der Waals surface area (Å²) in [6, 6.07) is 6.00. The van der Waals surface area contributed by atoms with E-state index in [1.54, 1.807) is 17.7 Å². The van der Waals surface area contributed by atoms with Crippen molar-refractivity contribution in [2.24, 2.45) is 0 Å². The maximum atomic E-state index is 11.6. The molecule has 0 amide bonds. The molecule has 3 aromatic heterocycles. The average molecular weight is 443 g/mol. The predicted octanol–water partition coefficient (Wildman–Crippen LogP) is 3.06. The van der Waals surface area contributed by atoms with E-state index in [4.69, 9.17) is 0 Å². The van der Waals surface area contributed by atoms with E-state index in [0.29, 0.717) is 6.54 Å². The van der Waals surface area contributed by atoms with Crippen LogP contribution in [0.1, 0.15) is 16.9 Å². The van der Waals surface area contributed by atoms with Crippen LogP contribution in [0.4, 0.5) is 11.5 Å². The van der Waals surface area contributed by atoms with E-state index in [1.807, 2.05) is 18.2 Å². The highest BCUT2D eigenvalue weighted by atomic mass is 32.1. The van der Waals surface area contributed by atoms with Gasteiger partial charge < -0.3 is 15.6 Å². The fourth-order valence-electron chi connectivity index (χ4n) is 3.90. The number of rotatable bonds is 6. The minimum Gasteiger partial charge on any atom is -0.340 e. The van der Waals surface area contributed by atoms with Crippen molar-refractivity contribution in [3.8, 4) is 0 Å². The lowest BCUT2D eigenvalue weighted by molar-refractivity contribution is -0.478.